The smallest absolute Gasteiger partial charge is 0.259 e. The van der Waals surface area contributed by atoms with Crippen molar-refractivity contribution in [2.45, 2.75) is 6.92 Å². The highest BCUT2D eigenvalue weighted by Crippen LogP contribution is 2.31. The minimum Gasteiger partial charge on any atom is -0.496 e. The Labute approximate surface area is 163 Å². The number of benzene rings is 2. The lowest BCUT2D eigenvalue weighted by atomic mass is 10.1. The Morgan fingerprint density at radius 3 is 2.59 bits per heavy atom. The number of nitrogens with one attached hydrogen (secondary N) is 1. The summed E-state index contributed by atoms with van der Waals surface area (Å²) in [4.78, 5) is 17.4. The van der Waals surface area contributed by atoms with Gasteiger partial charge in [-0.2, -0.15) is 0 Å². The summed E-state index contributed by atoms with van der Waals surface area (Å²) in [6, 6.07) is 9.29. The standard InChI is InChI=1S/C20H23ClFN3O2/c1-3-24-8-10-25(11-9-24)18-6-4-14(21)12-17(18)23-20(26)16-13-15(22)5-7-19(16)27-2/h4-7,12-13H,3,8-11H2,1-2H3,(H,23,26). The normalized spacial score (nSPS) is 14.9. The molecule has 1 N–H and O–H groups in total. The molecule has 0 bridgehead atoms. The van der Waals surface area contributed by atoms with E-state index in [2.05, 4.69) is 22.0 Å². The number of nitrogens with zero attached hydrogens (tertiary/aromatic N) is 2. The maximum Gasteiger partial charge on any atom is 0.259 e. The fourth-order valence-electron chi connectivity index (χ4n) is 3.24. The number of carbonyl (C=O) groups excluding carboxylic acids is 1. The monoisotopic (exact) mass is 391 g/mol. The summed E-state index contributed by atoms with van der Waals surface area (Å²) in [5, 5.41) is 3.39. The van der Waals surface area contributed by atoms with Crippen molar-refractivity contribution >= 4 is 28.9 Å². The molecule has 1 fully saturated rings. The van der Waals surface area contributed by atoms with Gasteiger partial charge in [0.25, 0.3) is 5.91 Å². The first-order valence-corrected chi connectivity index (χ1v) is 9.31. The molecule has 0 unspecified atom stereocenters. The molecule has 5 nitrogen and oxygen atoms in total. The first-order valence-electron chi connectivity index (χ1n) is 8.93. The molecule has 3 rings (SSSR count). The molecule has 2 aromatic carbocycles. The molecule has 1 aliphatic heterocycles. The van der Waals surface area contributed by atoms with E-state index in [1.54, 1.807) is 6.07 Å². The van der Waals surface area contributed by atoms with Crippen molar-refractivity contribution in [3.8, 4) is 5.75 Å². The van der Waals surface area contributed by atoms with Crippen LogP contribution in [0.3, 0.4) is 0 Å². The summed E-state index contributed by atoms with van der Waals surface area (Å²) >= 11 is 6.15. The predicted molar refractivity (Wildman–Crippen MR) is 107 cm³/mol. The number of anilines is 2. The minimum absolute atomic E-state index is 0.138. The van der Waals surface area contributed by atoms with E-state index in [9.17, 15) is 9.18 Å². The van der Waals surface area contributed by atoms with Crippen molar-refractivity contribution in [2.75, 3.05) is 50.1 Å². The van der Waals surface area contributed by atoms with Gasteiger partial charge in [0.2, 0.25) is 0 Å². The van der Waals surface area contributed by atoms with Gasteiger partial charge in [-0.15, -0.1) is 0 Å². The largest absolute Gasteiger partial charge is 0.496 e. The van der Waals surface area contributed by atoms with Crippen molar-refractivity contribution in [2.24, 2.45) is 0 Å². The van der Waals surface area contributed by atoms with Gasteiger partial charge in [0, 0.05) is 31.2 Å². The van der Waals surface area contributed by atoms with Gasteiger partial charge in [-0.25, -0.2) is 4.39 Å². The Bertz CT molecular complexity index is 823. The highest BCUT2D eigenvalue weighted by atomic mass is 35.5. The zero-order valence-electron chi connectivity index (χ0n) is 15.5. The SMILES string of the molecule is CCN1CCN(c2ccc(Cl)cc2NC(=O)c2cc(F)ccc2OC)CC1. The zero-order valence-corrected chi connectivity index (χ0v) is 16.2. The first-order chi connectivity index (χ1) is 13.0. The van der Waals surface area contributed by atoms with Gasteiger partial charge in [-0.3, -0.25) is 4.79 Å². The summed E-state index contributed by atoms with van der Waals surface area (Å²) in [6.45, 7) is 6.82. The first kappa shape index (κ1) is 19.5. The van der Waals surface area contributed by atoms with Crippen LogP contribution in [0.15, 0.2) is 36.4 Å². The van der Waals surface area contributed by atoms with Crippen molar-refractivity contribution < 1.29 is 13.9 Å². The zero-order chi connectivity index (χ0) is 19.4. The van der Waals surface area contributed by atoms with Crippen LogP contribution in [-0.4, -0.2) is 50.6 Å². The second-order valence-electron chi connectivity index (χ2n) is 6.38. The maximum atomic E-state index is 13.6. The number of carbonyl (C=O) groups is 1. The number of hydrogen-bond donors (Lipinski definition) is 1. The van der Waals surface area contributed by atoms with E-state index in [1.165, 1.54) is 25.3 Å². The molecule has 144 valence electrons. The second kappa shape index (κ2) is 8.59. The van der Waals surface area contributed by atoms with Crippen molar-refractivity contribution in [1.82, 2.24) is 4.90 Å². The Morgan fingerprint density at radius 2 is 1.93 bits per heavy atom. The van der Waals surface area contributed by atoms with Crippen LogP contribution in [0.4, 0.5) is 15.8 Å². The molecule has 27 heavy (non-hydrogen) atoms. The lowest BCUT2D eigenvalue weighted by molar-refractivity contribution is 0.102. The molecular weight excluding hydrogens is 369 g/mol. The van der Waals surface area contributed by atoms with E-state index in [0.717, 1.165) is 38.4 Å². The Hall–Kier alpha value is -2.31. The Balaban J connectivity index is 1.85. The lowest BCUT2D eigenvalue weighted by Crippen LogP contribution is -2.46. The Kier molecular flexibility index (Phi) is 6.19. The van der Waals surface area contributed by atoms with E-state index in [-0.39, 0.29) is 5.56 Å². The number of methoxy groups -OCH3 is 1. The fraction of sp³-hybridized carbons (Fsp3) is 0.350. The van der Waals surface area contributed by atoms with E-state index in [4.69, 9.17) is 16.3 Å². The van der Waals surface area contributed by atoms with Crippen LogP contribution in [0.5, 0.6) is 5.75 Å². The van der Waals surface area contributed by atoms with Crippen LogP contribution in [0.2, 0.25) is 5.02 Å². The quantitative estimate of drug-likeness (QED) is 0.840. The average Bonchev–Trinajstić information content (AvgIpc) is 2.68. The molecule has 1 saturated heterocycles. The molecule has 0 atom stereocenters. The molecule has 1 amide bonds. The Morgan fingerprint density at radius 1 is 1.19 bits per heavy atom. The van der Waals surface area contributed by atoms with Gasteiger partial charge in [-0.05, 0) is 42.9 Å². The van der Waals surface area contributed by atoms with Gasteiger partial charge in [0.05, 0.1) is 24.0 Å². The van der Waals surface area contributed by atoms with Crippen molar-refractivity contribution in [3.05, 3.63) is 52.8 Å². The van der Waals surface area contributed by atoms with Crippen LogP contribution < -0.4 is 15.0 Å². The highest BCUT2D eigenvalue weighted by Gasteiger charge is 2.21. The number of likely N-dealkylation sites (N-methyl/N-ethyl adjacent to an activating group) is 1. The number of hydrogen-bond acceptors (Lipinski definition) is 4. The molecule has 0 aliphatic carbocycles. The second-order valence-corrected chi connectivity index (χ2v) is 6.82. The molecule has 1 heterocycles. The highest BCUT2D eigenvalue weighted by molar-refractivity contribution is 6.31. The third-order valence-corrected chi connectivity index (χ3v) is 5.01. The van der Waals surface area contributed by atoms with Gasteiger partial charge >= 0.3 is 0 Å². The number of halogens is 2. The van der Waals surface area contributed by atoms with E-state index >= 15 is 0 Å². The summed E-state index contributed by atoms with van der Waals surface area (Å²) < 4.78 is 18.8. The van der Waals surface area contributed by atoms with Crippen LogP contribution >= 0.6 is 11.6 Å². The molecular formula is C20H23ClFN3O2. The third kappa shape index (κ3) is 4.51. The van der Waals surface area contributed by atoms with Crippen LogP contribution in [0.1, 0.15) is 17.3 Å². The summed E-state index contributed by atoms with van der Waals surface area (Å²) in [6.07, 6.45) is 0. The third-order valence-electron chi connectivity index (χ3n) is 4.77. The molecule has 0 saturated carbocycles. The molecule has 0 spiro atoms. The van der Waals surface area contributed by atoms with Crippen molar-refractivity contribution in [3.63, 3.8) is 0 Å². The minimum atomic E-state index is -0.497. The molecule has 0 radical (unpaired) electrons. The van der Waals surface area contributed by atoms with Gasteiger partial charge < -0.3 is 19.9 Å². The van der Waals surface area contributed by atoms with Crippen LogP contribution in [0, 0.1) is 5.82 Å². The van der Waals surface area contributed by atoms with Gasteiger partial charge in [0.1, 0.15) is 11.6 Å². The predicted octanol–water partition coefficient (Wildman–Crippen LogP) is 3.88. The van der Waals surface area contributed by atoms with E-state index in [1.807, 2.05) is 12.1 Å². The van der Waals surface area contributed by atoms with Crippen LogP contribution in [0.25, 0.3) is 0 Å². The maximum absolute atomic E-state index is 13.6. The van der Waals surface area contributed by atoms with E-state index < -0.39 is 11.7 Å². The van der Waals surface area contributed by atoms with E-state index in [0.29, 0.717) is 16.5 Å². The molecule has 2 aromatic rings. The molecule has 7 heteroatoms. The molecule has 1 aliphatic rings. The summed E-state index contributed by atoms with van der Waals surface area (Å²) in [7, 11) is 1.45. The van der Waals surface area contributed by atoms with Crippen molar-refractivity contribution in [1.29, 1.82) is 0 Å². The van der Waals surface area contributed by atoms with Gasteiger partial charge in [0.15, 0.2) is 0 Å². The summed E-state index contributed by atoms with van der Waals surface area (Å²) in [5.74, 6) is -0.626. The number of ether oxygens (including phenoxy) is 1. The number of piperazine rings is 1. The molecule has 0 aromatic heterocycles. The van der Waals surface area contributed by atoms with Gasteiger partial charge in [-0.1, -0.05) is 18.5 Å². The van der Waals surface area contributed by atoms with Crippen LogP contribution in [-0.2, 0) is 0 Å². The number of amides is 1. The topological polar surface area (TPSA) is 44.8 Å². The lowest BCUT2D eigenvalue weighted by Gasteiger charge is -2.36. The fourth-order valence-corrected chi connectivity index (χ4v) is 3.41. The number of rotatable bonds is 5. The summed E-state index contributed by atoms with van der Waals surface area (Å²) in [5.41, 5.74) is 1.64. The average molecular weight is 392 g/mol.